The van der Waals surface area contributed by atoms with Crippen molar-refractivity contribution in [2.45, 2.75) is 0 Å². The molecular weight excluding hydrogens is 429 g/mol. The minimum Gasteiger partial charge on any atom is -0.383 e. The third kappa shape index (κ3) is 7.12. The molecule has 0 aliphatic rings. The summed E-state index contributed by atoms with van der Waals surface area (Å²) in [6, 6.07) is 9.79. The van der Waals surface area contributed by atoms with E-state index in [1.54, 1.807) is 24.6 Å². The maximum atomic E-state index is 5.09. The van der Waals surface area contributed by atoms with Crippen molar-refractivity contribution >= 4 is 65.9 Å². The molecule has 0 aromatic carbocycles. The predicted octanol–water partition coefficient (Wildman–Crippen LogP) is 4.69. The van der Waals surface area contributed by atoms with E-state index in [-0.39, 0.29) is 37.2 Å². The number of aromatic nitrogens is 3. The molecule has 0 aliphatic carbocycles. The Bertz CT molecular complexity index is 775. The van der Waals surface area contributed by atoms with Crippen LogP contribution in [0.2, 0.25) is 0 Å². The molecule has 1 N–H and O–H groups in total. The van der Waals surface area contributed by atoms with Crippen molar-refractivity contribution in [3.63, 3.8) is 0 Å². The molecule has 0 saturated carbocycles. The van der Waals surface area contributed by atoms with E-state index in [1.807, 2.05) is 49.0 Å². The Labute approximate surface area is 181 Å². The van der Waals surface area contributed by atoms with Gasteiger partial charge in [-0.1, -0.05) is 6.07 Å². The third-order valence-corrected chi connectivity index (χ3v) is 4.27. The van der Waals surface area contributed by atoms with Crippen LogP contribution >= 0.6 is 48.6 Å². The van der Waals surface area contributed by atoms with E-state index in [4.69, 9.17) is 4.74 Å². The molecule has 0 fully saturated rings. The van der Waals surface area contributed by atoms with E-state index < -0.39 is 0 Å². The summed E-state index contributed by atoms with van der Waals surface area (Å²) in [5.41, 5.74) is 1.90. The molecule has 0 bridgehead atoms. The first-order valence-corrected chi connectivity index (χ1v) is 8.44. The molecule has 0 saturated heterocycles. The van der Waals surface area contributed by atoms with Crippen LogP contribution in [0.1, 0.15) is 0 Å². The summed E-state index contributed by atoms with van der Waals surface area (Å²) in [7, 11) is 3.72. The summed E-state index contributed by atoms with van der Waals surface area (Å²) in [5.74, 6) is 1.50. The maximum Gasteiger partial charge on any atom is 0.141 e. The molecule has 0 spiro atoms. The Morgan fingerprint density at radius 3 is 2.52 bits per heavy atom. The van der Waals surface area contributed by atoms with Crippen LogP contribution in [0.5, 0.6) is 0 Å². The second-order valence-corrected chi connectivity index (χ2v) is 6.08. The molecule has 148 valence electrons. The summed E-state index contributed by atoms with van der Waals surface area (Å²) in [6.45, 7) is 1.51. The molecule has 3 rings (SSSR count). The summed E-state index contributed by atoms with van der Waals surface area (Å²) < 4.78 is 5.09. The second-order valence-electron chi connectivity index (χ2n) is 5.19. The van der Waals surface area contributed by atoms with Crippen molar-refractivity contribution in [1.82, 2.24) is 15.0 Å². The molecule has 10 heteroatoms. The number of rotatable bonds is 7. The Morgan fingerprint density at radius 2 is 1.89 bits per heavy atom. The van der Waals surface area contributed by atoms with Crippen LogP contribution in [0.25, 0.3) is 10.7 Å². The van der Waals surface area contributed by atoms with Crippen LogP contribution in [0.3, 0.4) is 0 Å². The monoisotopic (exact) mass is 449 g/mol. The number of likely N-dealkylation sites (N-methyl/N-ethyl adjacent to an activating group) is 1. The number of nitrogens with zero attached hydrogens (tertiary/aromatic N) is 4. The molecule has 6 nitrogen and oxygen atoms in total. The minimum absolute atomic E-state index is 0. The normalized spacial score (nSPS) is 9.41. The zero-order valence-electron chi connectivity index (χ0n) is 14.9. The zero-order valence-corrected chi connectivity index (χ0v) is 18.1. The lowest BCUT2D eigenvalue weighted by atomic mass is 10.3. The third-order valence-electron chi connectivity index (χ3n) is 3.48. The lowest BCUT2D eigenvalue weighted by Gasteiger charge is -2.18. The van der Waals surface area contributed by atoms with Crippen molar-refractivity contribution in [3.8, 4) is 10.7 Å². The van der Waals surface area contributed by atoms with Crippen LogP contribution in [0.15, 0.2) is 48.1 Å². The highest BCUT2D eigenvalue weighted by atomic mass is 35.5. The van der Waals surface area contributed by atoms with Crippen LogP contribution in [0.4, 0.5) is 17.3 Å². The number of nitrogens with one attached hydrogen (secondary N) is 1. The number of anilines is 3. The van der Waals surface area contributed by atoms with Gasteiger partial charge in [-0.05, 0) is 24.3 Å². The number of pyridine rings is 2. The van der Waals surface area contributed by atoms with E-state index in [0.29, 0.717) is 6.61 Å². The second kappa shape index (κ2) is 12.7. The molecule has 0 unspecified atom stereocenters. The highest BCUT2D eigenvalue weighted by molar-refractivity contribution is 7.13. The standard InChI is InChI=1S/C17H19N5OS.3ClH/c1-22(9-10-23-2)13-6-7-15(19-12-13)21-16-5-3-4-14(20-16)17-18-8-11-24-17;;;/h3-8,11-12H,9-10H2,1-2H3,(H,19,20,21);3*1H. The number of thiazole rings is 1. The molecule has 0 radical (unpaired) electrons. The number of methoxy groups -OCH3 is 1. The van der Waals surface area contributed by atoms with Crippen molar-refractivity contribution < 1.29 is 4.74 Å². The first kappa shape index (κ1) is 25.4. The van der Waals surface area contributed by atoms with Crippen LogP contribution in [0, 0.1) is 0 Å². The lowest BCUT2D eigenvalue weighted by Crippen LogP contribution is -2.22. The zero-order chi connectivity index (χ0) is 16.8. The van der Waals surface area contributed by atoms with Crippen molar-refractivity contribution in [3.05, 3.63) is 48.1 Å². The Morgan fingerprint density at radius 1 is 1.07 bits per heavy atom. The Balaban J connectivity index is 0.00000225. The SMILES string of the molecule is COCCN(C)c1ccc(Nc2cccc(-c3nccs3)n2)nc1.Cl.Cl.Cl. The summed E-state index contributed by atoms with van der Waals surface area (Å²) in [4.78, 5) is 15.4. The predicted molar refractivity (Wildman–Crippen MR) is 120 cm³/mol. The summed E-state index contributed by atoms with van der Waals surface area (Å²) >= 11 is 1.57. The van der Waals surface area contributed by atoms with Crippen LogP contribution in [-0.2, 0) is 4.74 Å². The number of hydrogen-bond donors (Lipinski definition) is 1. The van der Waals surface area contributed by atoms with Crippen molar-refractivity contribution in [2.24, 2.45) is 0 Å². The quantitative estimate of drug-likeness (QED) is 0.563. The average molecular weight is 451 g/mol. The van der Waals surface area contributed by atoms with Gasteiger partial charge in [0.1, 0.15) is 22.3 Å². The maximum absolute atomic E-state index is 5.09. The smallest absolute Gasteiger partial charge is 0.141 e. The van der Waals surface area contributed by atoms with E-state index in [1.165, 1.54) is 0 Å². The Kier molecular flexibility index (Phi) is 11.9. The number of hydrogen-bond acceptors (Lipinski definition) is 7. The van der Waals surface area contributed by atoms with Gasteiger partial charge in [0.2, 0.25) is 0 Å². The number of halogens is 3. The van der Waals surface area contributed by atoms with E-state index in [2.05, 4.69) is 25.2 Å². The van der Waals surface area contributed by atoms with E-state index >= 15 is 0 Å². The van der Waals surface area contributed by atoms with Gasteiger partial charge < -0.3 is 15.0 Å². The van der Waals surface area contributed by atoms with Gasteiger partial charge in [-0.25, -0.2) is 15.0 Å². The fourth-order valence-electron chi connectivity index (χ4n) is 2.15. The minimum atomic E-state index is 0. The van der Waals surface area contributed by atoms with Gasteiger partial charge in [0.15, 0.2) is 0 Å². The highest BCUT2D eigenvalue weighted by Gasteiger charge is 2.05. The van der Waals surface area contributed by atoms with E-state index in [9.17, 15) is 0 Å². The first-order valence-electron chi connectivity index (χ1n) is 7.56. The molecule has 27 heavy (non-hydrogen) atoms. The molecule has 3 aromatic rings. The number of ether oxygens (including phenoxy) is 1. The van der Waals surface area contributed by atoms with Gasteiger partial charge in [-0.3, -0.25) is 0 Å². The topological polar surface area (TPSA) is 63.2 Å². The fourth-order valence-corrected chi connectivity index (χ4v) is 2.75. The largest absolute Gasteiger partial charge is 0.383 e. The molecular formula is C17H22Cl3N5OS. The molecule has 3 aromatic heterocycles. The fraction of sp³-hybridized carbons (Fsp3) is 0.235. The summed E-state index contributed by atoms with van der Waals surface area (Å²) in [5, 5.41) is 6.07. The van der Waals surface area contributed by atoms with Gasteiger partial charge in [0.25, 0.3) is 0 Å². The van der Waals surface area contributed by atoms with Crippen LogP contribution < -0.4 is 10.2 Å². The molecule has 0 atom stereocenters. The van der Waals surface area contributed by atoms with Crippen LogP contribution in [-0.4, -0.2) is 42.3 Å². The van der Waals surface area contributed by atoms with Crippen molar-refractivity contribution in [1.29, 1.82) is 0 Å². The van der Waals surface area contributed by atoms with E-state index in [0.717, 1.165) is 34.6 Å². The van der Waals surface area contributed by atoms with Crippen molar-refractivity contribution in [2.75, 3.05) is 37.5 Å². The van der Waals surface area contributed by atoms with Gasteiger partial charge in [-0.2, -0.15) is 0 Å². The molecule has 3 heterocycles. The average Bonchev–Trinajstić information content (AvgIpc) is 3.15. The van der Waals surface area contributed by atoms with Gasteiger partial charge in [-0.15, -0.1) is 48.6 Å². The van der Waals surface area contributed by atoms with Gasteiger partial charge >= 0.3 is 0 Å². The summed E-state index contributed by atoms with van der Waals surface area (Å²) in [6.07, 6.45) is 3.62. The molecule has 0 amide bonds. The van der Waals surface area contributed by atoms with Gasteiger partial charge in [0.05, 0.1) is 18.5 Å². The van der Waals surface area contributed by atoms with Gasteiger partial charge in [0, 0.05) is 32.3 Å². The lowest BCUT2D eigenvalue weighted by molar-refractivity contribution is 0.206. The molecule has 0 aliphatic heterocycles. The highest BCUT2D eigenvalue weighted by Crippen LogP contribution is 2.22. The Hall–Kier alpha value is -1.64. The first-order chi connectivity index (χ1) is 11.8.